The summed E-state index contributed by atoms with van der Waals surface area (Å²) in [5.74, 6) is 0.353. The Balaban J connectivity index is 1.85. The van der Waals surface area contributed by atoms with Crippen molar-refractivity contribution in [2.24, 2.45) is 0 Å². The van der Waals surface area contributed by atoms with Crippen molar-refractivity contribution in [3.05, 3.63) is 36.4 Å². The Morgan fingerprint density at radius 1 is 1.05 bits per heavy atom. The van der Waals surface area contributed by atoms with Crippen LogP contribution in [-0.4, -0.2) is 36.2 Å². The van der Waals surface area contributed by atoms with Crippen LogP contribution in [0.25, 0.3) is 10.8 Å². The van der Waals surface area contributed by atoms with E-state index in [4.69, 9.17) is 0 Å². The second-order valence-corrected chi connectivity index (χ2v) is 5.75. The van der Waals surface area contributed by atoms with E-state index in [9.17, 15) is 5.11 Å². The minimum absolute atomic E-state index is 0.353. The summed E-state index contributed by atoms with van der Waals surface area (Å²) in [4.78, 5) is 2.40. The molecule has 1 heterocycles. The number of nitrogens with zero attached hydrogens (tertiary/aromatic N) is 1. The second-order valence-electron chi connectivity index (χ2n) is 5.75. The molecular formula is C17H22N2O. The Labute approximate surface area is 120 Å². The minimum Gasteiger partial charge on any atom is -0.507 e. The number of hydrogen-bond acceptors (Lipinski definition) is 3. The van der Waals surface area contributed by atoms with Crippen LogP contribution in [0.5, 0.6) is 5.75 Å². The third-order valence-electron chi connectivity index (χ3n) is 4.21. The first kappa shape index (κ1) is 13.3. The van der Waals surface area contributed by atoms with Crippen LogP contribution in [0.3, 0.4) is 0 Å². The molecular weight excluding hydrogens is 248 g/mol. The van der Waals surface area contributed by atoms with Gasteiger partial charge in [-0.05, 0) is 51.5 Å². The van der Waals surface area contributed by atoms with E-state index in [1.54, 1.807) is 6.07 Å². The molecule has 106 valence electrons. The van der Waals surface area contributed by atoms with Gasteiger partial charge < -0.3 is 15.3 Å². The van der Waals surface area contributed by atoms with Crippen molar-refractivity contribution in [2.45, 2.75) is 25.3 Å². The number of rotatable bonds is 2. The van der Waals surface area contributed by atoms with Crippen molar-refractivity contribution in [3.63, 3.8) is 0 Å². The van der Waals surface area contributed by atoms with Crippen molar-refractivity contribution in [1.82, 2.24) is 4.90 Å². The topological polar surface area (TPSA) is 35.5 Å². The lowest BCUT2D eigenvalue weighted by Gasteiger charge is -2.19. The van der Waals surface area contributed by atoms with Gasteiger partial charge in [-0.25, -0.2) is 0 Å². The number of aromatic hydroxyl groups is 1. The number of phenolic OH excluding ortho intramolecular Hbond substituents is 1. The summed E-state index contributed by atoms with van der Waals surface area (Å²) in [5.41, 5.74) is 1.13. The molecule has 1 aliphatic heterocycles. The van der Waals surface area contributed by atoms with Gasteiger partial charge in [0.05, 0.1) is 0 Å². The fraction of sp³-hybridized carbons (Fsp3) is 0.412. The number of nitrogens with one attached hydrogen (secondary N) is 1. The Hall–Kier alpha value is -1.74. The van der Waals surface area contributed by atoms with Crippen molar-refractivity contribution >= 4 is 16.5 Å². The number of anilines is 1. The number of fused-ring (bicyclic) bond motifs is 1. The molecule has 0 aromatic heterocycles. The Bertz CT molecular complexity index is 597. The summed E-state index contributed by atoms with van der Waals surface area (Å²) >= 11 is 0. The fourth-order valence-electron chi connectivity index (χ4n) is 3.02. The molecule has 2 aromatic carbocycles. The molecule has 0 amide bonds. The largest absolute Gasteiger partial charge is 0.507 e. The van der Waals surface area contributed by atoms with Gasteiger partial charge in [-0.15, -0.1) is 0 Å². The molecule has 0 spiro atoms. The molecule has 0 bridgehead atoms. The third kappa shape index (κ3) is 2.73. The number of benzene rings is 2. The Morgan fingerprint density at radius 2 is 1.85 bits per heavy atom. The summed E-state index contributed by atoms with van der Waals surface area (Å²) < 4.78 is 0. The van der Waals surface area contributed by atoms with E-state index in [1.165, 1.54) is 25.8 Å². The first-order chi connectivity index (χ1) is 9.74. The van der Waals surface area contributed by atoms with E-state index < -0.39 is 0 Å². The van der Waals surface area contributed by atoms with Gasteiger partial charge in [-0.1, -0.05) is 24.3 Å². The summed E-state index contributed by atoms with van der Waals surface area (Å²) in [6.07, 6.45) is 3.62. The first-order valence-electron chi connectivity index (χ1n) is 7.40. The maximum absolute atomic E-state index is 9.95. The molecule has 3 nitrogen and oxygen atoms in total. The van der Waals surface area contributed by atoms with E-state index in [2.05, 4.69) is 29.4 Å². The third-order valence-corrected chi connectivity index (χ3v) is 4.21. The molecule has 1 aliphatic rings. The van der Waals surface area contributed by atoms with Crippen LogP contribution in [0, 0.1) is 0 Å². The zero-order valence-corrected chi connectivity index (χ0v) is 12.0. The zero-order chi connectivity index (χ0) is 13.9. The van der Waals surface area contributed by atoms with Gasteiger partial charge in [0.2, 0.25) is 0 Å². The van der Waals surface area contributed by atoms with Crippen LogP contribution in [0.1, 0.15) is 19.3 Å². The van der Waals surface area contributed by atoms with Gasteiger partial charge in [0.1, 0.15) is 5.75 Å². The van der Waals surface area contributed by atoms with Crippen molar-refractivity contribution < 1.29 is 5.11 Å². The predicted octanol–water partition coefficient (Wildman–Crippen LogP) is 3.44. The molecule has 20 heavy (non-hydrogen) atoms. The molecule has 2 N–H and O–H groups in total. The monoisotopic (exact) mass is 270 g/mol. The maximum Gasteiger partial charge on any atom is 0.123 e. The van der Waals surface area contributed by atoms with Crippen LogP contribution < -0.4 is 5.32 Å². The normalized spacial score (nSPS) is 20.8. The van der Waals surface area contributed by atoms with Crippen molar-refractivity contribution in [2.75, 3.05) is 25.5 Å². The van der Waals surface area contributed by atoms with E-state index in [0.29, 0.717) is 11.8 Å². The highest BCUT2D eigenvalue weighted by Gasteiger charge is 2.15. The molecule has 1 saturated heterocycles. The number of hydrogen-bond donors (Lipinski definition) is 2. The lowest BCUT2D eigenvalue weighted by Crippen LogP contribution is -2.23. The summed E-state index contributed by atoms with van der Waals surface area (Å²) in [5, 5.41) is 15.6. The van der Waals surface area contributed by atoms with Gasteiger partial charge in [0.15, 0.2) is 0 Å². The molecule has 1 fully saturated rings. The standard InChI is InChI=1S/C17H22N2O/c1-19-11-4-5-13(10-12-19)18-16-8-2-7-15-14(16)6-3-9-17(15)20/h2-3,6-9,13,18,20H,4-5,10-12H2,1H3. The van der Waals surface area contributed by atoms with Gasteiger partial charge >= 0.3 is 0 Å². The summed E-state index contributed by atoms with van der Waals surface area (Å²) in [6, 6.07) is 12.3. The highest BCUT2D eigenvalue weighted by atomic mass is 16.3. The Morgan fingerprint density at radius 3 is 2.75 bits per heavy atom. The highest BCUT2D eigenvalue weighted by molar-refractivity contribution is 5.97. The molecule has 0 radical (unpaired) electrons. The molecule has 1 unspecified atom stereocenters. The van der Waals surface area contributed by atoms with E-state index >= 15 is 0 Å². The molecule has 0 saturated carbocycles. The first-order valence-corrected chi connectivity index (χ1v) is 7.40. The minimum atomic E-state index is 0.353. The maximum atomic E-state index is 9.95. The predicted molar refractivity (Wildman–Crippen MR) is 84.4 cm³/mol. The molecule has 3 rings (SSSR count). The Kier molecular flexibility index (Phi) is 3.79. The molecule has 1 atom stereocenters. The van der Waals surface area contributed by atoms with Crippen molar-refractivity contribution in [1.29, 1.82) is 0 Å². The van der Waals surface area contributed by atoms with E-state index in [-0.39, 0.29) is 0 Å². The van der Waals surface area contributed by atoms with E-state index in [0.717, 1.165) is 23.0 Å². The SMILES string of the molecule is CN1CCCC(Nc2cccc3c(O)cccc23)CC1. The van der Waals surface area contributed by atoms with Gasteiger partial charge in [0, 0.05) is 22.5 Å². The van der Waals surface area contributed by atoms with Crippen LogP contribution >= 0.6 is 0 Å². The number of phenols is 1. The second kappa shape index (κ2) is 5.71. The van der Waals surface area contributed by atoms with Gasteiger partial charge in [-0.3, -0.25) is 0 Å². The average Bonchev–Trinajstić information content (AvgIpc) is 2.65. The van der Waals surface area contributed by atoms with Crippen molar-refractivity contribution in [3.8, 4) is 5.75 Å². The molecule has 2 aromatic rings. The summed E-state index contributed by atoms with van der Waals surface area (Å²) in [6.45, 7) is 2.34. The summed E-state index contributed by atoms with van der Waals surface area (Å²) in [7, 11) is 2.19. The fourth-order valence-corrected chi connectivity index (χ4v) is 3.02. The average molecular weight is 270 g/mol. The zero-order valence-electron chi connectivity index (χ0n) is 12.0. The van der Waals surface area contributed by atoms with Crippen LogP contribution in [0.2, 0.25) is 0 Å². The highest BCUT2D eigenvalue weighted by Crippen LogP contribution is 2.30. The lowest BCUT2D eigenvalue weighted by molar-refractivity contribution is 0.348. The van der Waals surface area contributed by atoms with Gasteiger partial charge in [-0.2, -0.15) is 0 Å². The van der Waals surface area contributed by atoms with Crippen LogP contribution in [-0.2, 0) is 0 Å². The van der Waals surface area contributed by atoms with Gasteiger partial charge in [0.25, 0.3) is 0 Å². The van der Waals surface area contributed by atoms with E-state index in [1.807, 2.05) is 18.2 Å². The van der Waals surface area contributed by atoms with Crippen LogP contribution in [0.15, 0.2) is 36.4 Å². The van der Waals surface area contributed by atoms with Crippen LogP contribution in [0.4, 0.5) is 5.69 Å². The quantitative estimate of drug-likeness (QED) is 0.877. The lowest BCUT2D eigenvalue weighted by atomic mass is 10.1. The number of likely N-dealkylation sites (tertiary alicyclic amines) is 1. The smallest absolute Gasteiger partial charge is 0.123 e. The molecule has 3 heteroatoms. The molecule has 0 aliphatic carbocycles.